The Morgan fingerprint density at radius 2 is 2.53 bits per heavy atom. The van der Waals surface area contributed by atoms with Crippen LogP contribution in [0, 0.1) is 0 Å². The van der Waals surface area contributed by atoms with E-state index in [4.69, 9.17) is 5.73 Å². The van der Waals surface area contributed by atoms with Crippen molar-refractivity contribution in [3.05, 3.63) is 16.6 Å². The van der Waals surface area contributed by atoms with Crippen molar-refractivity contribution >= 4 is 17.2 Å². The molecular weight excluding hydrogens is 210 g/mol. The van der Waals surface area contributed by atoms with E-state index in [1.165, 1.54) is 4.88 Å². The van der Waals surface area contributed by atoms with Gasteiger partial charge in [0.2, 0.25) is 5.91 Å². The molecule has 0 bridgehead atoms. The second kappa shape index (κ2) is 4.72. The van der Waals surface area contributed by atoms with E-state index < -0.39 is 0 Å². The molecule has 1 fully saturated rings. The summed E-state index contributed by atoms with van der Waals surface area (Å²) in [6, 6.07) is -0.0825. The minimum Gasteiger partial charge on any atom is -0.368 e. The van der Waals surface area contributed by atoms with Crippen molar-refractivity contribution in [3.8, 4) is 0 Å². The highest BCUT2D eigenvalue weighted by Crippen LogP contribution is 2.20. The van der Waals surface area contributed by atoms with Gasteiger partial charge in [-0.2, -0.15) is 0 Å². The van der Waals surface area contributed by atoms with E-state index in [9.17, 15) is 4.79 Å². The summed E-state index contributed by atoms with van der Waals surface area (Å²) in [6.07, 6.45) is 5.01. The number of thiazole rings is 1. The molecular formula is C10H15N3OS. The van der Waals surface area contributed by atoms with Gasteiger partial charge in [0, 0.05) is 17.6 Å². The van der Waals surface area contributed by atoms with E-state index in [1.54, 1.807) is 11.3 Å². The monoisotopic (exact) mass is 225 g/mol. The maximum absolute atomic E-state index is 11.3. The summed E-state index contributed by atoms with van der Waals surface area (Å²) in [6.45, 7) is 1.77. The first-order valence-electron chi connectivity index (χ1n) is 5.18. The summed E-state index contributed by atoms with van der Waals surface area (Å²) in [5.41, 5.74) is 7.21. The van der Waals surface area contributed by atoms with Crippen LogP contribution in [-0.2, 0) is 11.3 Å². The third kappa shape index (κ3) is 2.54. The molecule has 0 aliphatic carbocycles. The molecule has 2 N–H and O–H groups in total. The Balaban J connectivity index is 2.02. The summed E-state index contributed by atoms with van der Waals surface area (Å²) < 4.78 is 0. The van der Waals surface area contributed by atoms with Crippen molar-refractivity contribution < 1.29 is 4.79 Å². The second-order valence-corrected chi connectivity index (χ2v) is 4.82. The van der Waals surface area contributed by atoms with Crippen molar-refractivity contribution in [2.24, 2.45) is 5.73 Å². The van der Waals surface area contributed by atoms with Gasteiger partial charge in [0.05, 0.1) is 11.6 Å². The Morgan fingerprint density at radius 3 is 3.20 bits per heavy atom. The molecule has 5 heteroatoms. The van der Waals surface area contributed by atoms with Crippen molar-refractivity contribution in [3.63, 3.8) is 0 Å². The minimum absolute atomic E-state index is 0.0825. The molecule has 1 atom stereocenters. The molecule has 0 aromatic carbocycles. The van der Waals surface area contributed by atoms with Gasteiger partial charge in [0.25, 0.3) is 0 Å². The van der Waals surface area contributed by atoms with Crippen molar-refractivity contribution in [2.45, 2.75) is 31.8 Å². The maximum atomic E-state index is 11.3. The van der Waals surface area contributed by atoms with E-state index in [-0.39, 0.29) is 11.9 Å². The molecule has 82 valence electrons. The van der Waals surface area contributed by atoms with Gasteiger partial charge < -0.3 is 5.73 Å². The first kappa shape index (κ1) is 10.6. The third-order valence-corrected chi connectivity index (χ3v) is 3.55. The van der Waals surface area contributed by atoms with Crippen molar-refractivity contribution in [1.82, 2.24) is 9.88 Å². The molecule has 1 amide bonds. The van der Waals surface area contributed by atoms with Crippen LogP contribution < -0.4 is 5.73 Å². The predicted molar refractivity (Wildman–Crippen MR) is 59.4 cm³/mol. The third-order valence-electron chi connectivity index (χ3n) is 2.78. The summed E-state index contributed by atoms with van der Waals surface area (Å²) in [5.74, 6) is -0.195. The number of piperidine rings is 1. The molecule has 1 unspecified atom stereocenters. The molecule has 1 aromatic rings. The van der Waals surface area contributed by atoms with Crippen molar-refractivity contribution in [1.29, 1.82) is 0 Å². The number of nitrogens with two attached hydrogens (primary N) is 1. The number of carbonyl (C=O) groups excluding carboxylic acids is 1. The van der Waals surface area contributed by atoms with E-state index >= 15 is 0 Å². The molecule has 4 nitrogen and oxygen atoms in total. The molecule has 0 radical (unpaired) electrons. The number of primary amides is 1. The second-order valence-electron chi connectivity index (χ2n) is 3.85. The Kier molecular flexibility index (Phi) is 3.33. The number of aromatic nitrogens is 1. The normalized spacial score (nSPS) is 22.8. The van der Waals surface area contributed by atoms with Gasteiger partial charge in [-0.25, -0.2) is 0 Å². The molecule has 0 spiro atoms. The lowest BCUT2D eigenvalue weighted by molar-refractivity contribution is -0.124. The average molecular weight is 225 g/mol. The van der Waals surface area contributed by atoms with Gasteiger partial charge in [-0.1, -0.05) is 6.42 Å². The number of hydrogen-bond acceptors (Lipinski definition) is 4. The fraction of sp³-hybridized carbons (Fsp3) is 0.600. The molecule has 2 heterocycles. The van der Waals surface area contributed by atoms with E-state index in [1.807, 2.05) is 11.7 Å². The van der Waals surface area contributed by atoms with Gasteiger partial charge in [0.15, 0.2) is 0 Å². The van der Waals surface area contributed by atoms with Gasteiger partial charge in [-0.3, -0.25) is 14.7 Å². The lowest BCUT2D eigenvalue weighted by atomic mass is 10.0. The van der Waals surface area contributed by atoms with Gasteiger partial charge in [-0.15, -0.1) is 11.3 Å². The van der Waals surface area contributed by atoms with Crippen LogP contribution >= 0.6 is 11.3 Å². The highest BCUT2D eigenvalue weighted by atomic mass is 32.1. The van der Waals surface area contributed by atoms with Crippen LogP contribution in [0.3, 0.4) is 0 Å². The van der Waals surface area contributed by atoms with E-state index in [0.717, 1.165) is 32.4 Å². The minimum atomic E-state index is -0.195. The van der Waals surface area contributed by atoms with E-state index in [2.05, 4.69) is 9.88 Å². The average Bonchev–Trinajstić information content (AvgIpc) is 2.71. The first-order chi connectivity index (χ1) is 7.27. The van der Waals surface area contributed by atoms with Crippen LogP contribution in [0.4, 0.5) is 0 Å². The molecule has 1 aromatic heterocycles. The predicted octanol–water partition coefficient (Wildman–Crippen LogP) is 0.983. The molecule has 0 saturated carbocycles. The van der Waals surface area contributed by atoms with E-state index in [0.29, 0.717) is 0 Å². The van der Waals surface area contributed by atoms with Crippen LogP contribution in [0.15, 0.2) is 11.7 Å². The number of likely N-dealkylation sites (tertiary alicyclic amines) is 1. The number of rotatable bonds is 3. The quantitative estimate of drug-likeness (QED) is 0.834. The van der Waals surface area contributed by atoms with Gasteiger partial charge in [-0.05, 0) is 19.4 Å². The number of hydrogen-bond donors (Lipinski definition) is 1. The first-order valence-corrected chi connectivity index (χ1v) is 6.06. The van der Waals surface area contributed by atoms with Crippen LogP contribution in [0.2, 0.25) is 0 Å². The Bertz CT molecular complexity index is 325. The Labute approximate surface area is 93.1 Å². The standard InChI is InChI=1S/C10H15N3OS/c11-10(14)9-3-1-2-4-13(9)6-8-5-12-7-15-8/h5,7,9H,1-4,6H2,(H2,11,14). The largest absolute Gasteiger partial charge is 0.368 e. The Hall–Kier alpha value is -0.940. The topological polar surface area (TPSA) is 59.2 Å². The molecule has 1 aliphatic heterocycles. The fourth-order valence-electron chi connectivity index (χ4n) is 2.02. The smallest absolute Gasteiger partial charge is 0.234 e. The van der Waals surface area contributed by atoms with Gasteiger partial charge in [0.1, 0.15) is 0 Å². The summed E-state index contributed by atoms with van der Waals surface area (Å²) in [7, 11) is 0. The zero-order valence-electron chi connectivity index (χ0n) is 8.56. The zero-order chi connectivity index (χ0) is 10.7. The molecule has 15 heavy (non-hydrogen) atoms. The lowest BCUT2D eigenvalue weighted by Crippen LogP contribution is -2.46. The van der Waals surface area contributed by atoms with Crippen molar-refractivity contribution in [2.75, 3.05) is 6.54 Å². The highest BCUT2D eigenvalue weighted by molar-refractivity contribution is 7.09. The SMILES string of the molecule is NC(=O)C1CCCCN1Cc1cncs1. The molecule has 1 aliphatic rings. The number of nitrogens with zero attached hydrogens (tertiary/aromatic N) is 2. The summed E-state index contributed by atoms with van der Waals surface area (Å²) >= 11 is 1.63. The molecule has 2 rings (SSSR count). The lowest BCUT2D eigenvalue weighted by Gasteiger charge is -2.32. The molecule has 1 saturated heterocycles. The maximum Gasteiger partial charge on any atom is 0.234 e. The van der Waals surface area contributed by atoms with Gasteiger partial charge >= 0.3 is 0 Å². The number of carbonyl (C=O) groups is 1. The zero-order valence-corrected chi connectivity index (χ0v) is 9.37. The summed E-state index contributed by atoms with van der Waals surface area (Å²) in [4.78, 5) is 18.7. The fourth-order valence-corrected chi connectivity index (χ4v) is 2.64. The van der Waals surface area contributed by atoms with Crippen LogP contribution in [-0.4, -0.2) is 28.4 Å². The summed E-state index contributed by atoms with van der Waals surface area (Å²) in [5, 5.41) is 0. The number of amides is 1. The highest BCUT2D eigenvalue weighted by Gasteiger charge is 2.26. The Morgan fingerprint density at radius 1 is 1.67 bits per heavy atom. The van der Waals surface area contributed by atoms with Crippen LogP contribution in [0.5, 0.6) is 0 Å². The van der Waals surface area contributed by atoms with Crippen LogP contribution in [0.1, 0.15) is 24.1 Å². The van der Waals surface area contributed by atoms with Crippen LogP contribution in [0.25, 0.3) is 0 Å².